The summed E-state index contributed by atoms with van der Waals surface area (Å²) in [6, 6.07) is 4.93. The SMILES string of the molecule is COc1c(Br)cccc1C(=O)OC#P=O. The second-order valence-corrected chi connectivity index (χ2v) is 3.61. The molecule has 0 aliphatic rings. The first-order valence-corrected chi connectivity index (χ1v) is 5.42. The van der Waals surface area contributed by atoms with Gasteiger partial charge in [0, 0.05) is 0 Å². The standard InChI is InChI=1S/C9H6BrO4P/c1-13-8-6(3-2-4-7(8)10)9(11)14-5-15-12/h2-4H,1H3. The molecule has 0 saturated heterocycles. The molecule has 1 aromatic rings. The van der Waals surface area contributed by atoms with Crippen molar-refractivity contribution >= 4 is 29.8 Å². The number of methoxy groups -OCH3 is 1. The number of para-hydroxylation sites is 1. The molecular formula is C9H6BrO4P. The maximum atomic E-state index is 11.4. The Morgan fingerprint density at radius 2 is 2.27 bits per heavy atom. The van der Waals surface area contributed by atoms with Gasteiger partial charge in [0.1, 0.15) is 0 Å². The molecule has 0 aromatic heterocycles. The van der Waals surface area contributed by atoms with E-state index in [1.807, 2.05) is 5.81 Å². The maximum absolute atomic E-state index is 11.4. The third kappa shape index (κ3) is 2.96. The van der Waals surface area contributed by atoms with Crippen LogP contribution in [0.15, 0.2) is 22.7 Å². The molecule has 4 nitrogen and oxygen atoms in total. The van der Waals surface area contributed by atoms with Crippen LogP contribution in [0.4, 0.5) is 0 Å². The summed E-state index contributed by atoms with van der Waals surface area (Å²) in [5.41, 5.74) is 0.239. The summed E-state index contributed by atoms with van der Waals surface area (Å²) >= 11 is 3.23. The first-order valence-electron chi connectivity index (χ1n) is 3.81. The Morgan fingerprint density at radius 3 is 2.87 bits per heavy atom. The molecule has 0 aliphatic carbocycles. The molecule has 1 aromatic carbocycles. The van der Waals surface area contributed by atoms with Crippen molar-refractivity contribution in [3.63, 3.8) is 0 Å². The molecule has 0 N–H and O–H groups in total. The molecule has 0 fully saturated rings. The van der Waals surface area contributed by atoms with Gasteiger partial charge >= 0.3 is 95.6 Å². The van der Waals surface area contributed by atoms with Crippen molar-refractivity contribution in [1.29, 1.82) is 0 Å². The minimum absolute atomic E-state index is 0.239. The van der Waals surface area contributed by atoms with Crippen LogP contribution in [0.5, 0.6) is 5.75 Å². The van der Waals surface area contributed by atoms with Crippen molar-refractivity contribution in [2.45, 2.75) is 0 Å². The number of esters is 1. The van der Waals surface area contributed by atoms with E-state index in [9.17, 15) is 9.36 Å². The van der Waals surface area contributed by atoms with Gasteiger partial charge in [-0.2, -0.15) is 0 Å². The van der Waals surface area contributed by atoms with Crippen LogP contribution in [0.1, 0.15) is 10.4 Å². The molecule has 0 spiro atoms. The fraction of sp³-hybridized carbons (Fsp3) is 0.111. The van der Waals surface area contributed by atoms with Gasteiger partial charge in [0.25, 0.3) is 0 Å². The monoisotopic (exact) mass is 288 g/mol. The van der Waals surface area contributed by atoms with Crippen molar-refractivity contribution in [2.24, 2.45) is 0 Å². The van der Waals surface area contributed by atoms with Crippen LogP contribution < -0.4 is 4.74 Å². The number of carbonyl (C=O) groups is 1. The summed E-state index contributed by atoms with van der Waals surface area (Å²) in [5, 5.41) is 0. The summed E-state index contributed by atoms with van der Waals surface area (Å²) < 4.78 is 20.1. The molecule has 0 saturated carbocycles. The minimum atomic E-state index is -0.670. The quantitative estimate of drug-likeness (QED) is 0.620. The summed E-state index contributed by atoms with van der Waals surface area (Å²) in [5.74, 6) is 1.61. The van der Waals surface area contributed by atoms with Crippen molar-refractivity contribution in [3.05, 3.63) is 28.2 Å². The number of rotatable bonds is 2. The molecule has 0 radical (unpaired) electrons. The predicted molar refractivity (Wildman–Crippen MR) is 57.6 cm³/mol. The summed E-state index contributed by atoms with van der Waals surface area (Å²) in [6.07, 6.45) is 0. The Kier molecular flexibility index (Phi) is 4.63. The van der Waals surface area contributed by atoms with Gasteiger partial charge in [-0.05, 0) is 0 Å². The Bertz CT molecular complexity index is 480. The van der Waals surface area contributed by atoms with E-state index in [2.05, 4.69) is 20.7 Å². The van der Waals surface area contributed by atoms with E-state index in [4.69, 9.17) is 4.74 Å². The molecule has 0 aliphatic heterocycles. The number of carbonyl (C=O) groups excluding carboxylic acids is 1. The van der Waals surface area contributed by atoms with Crippen LogP contribution in [-0.2, 0) is 9.30 Å². The normalized spacial score (nSPS) is 8.93. The zero-order chi connectivity index (χ0) is 11.3. The van der Waals surface area contributed by atoms with Crippen molar-refractivity contribution in [1.82, 2.24) is 0 Å². The van der Waals surface area contributed by atoms with Crippen molar-refractivity contribution in [3.8, 4) is 11.6 Å². The van der Waals surface area contributed by atoms with E-state index < -0.39 is 13.9 Å². The number of hydrogen-bond acceptors (Lipinski definition) is 4. The van der Waals surface area contributed by atoms with E-state index in [1.54, 1.807) is 12.1 Å². The Balaban J connectivity index is 3.11. The predicted octanol–water partition coefficient (Wildman–Crippen LogP) is 2.82. The van der Waals surface area contributed by atoms with Gasteiger partial charge < -0.3 is 0 Å². The average Bonchev–Trinajstić information content (AvgIpc) is 2.25. The summed E-state index contributed by atoms with van der Waals surface area (Å²) in [6.45, 7) is 0. The number of ether oxygens (including phenoxy) is 2. The van der Waals surface area contributed by atoms with Crippen LogP contribution in [-0.4, -0.2) is 13.1 Å². The Hall–Kier alpha value is -1.02. The molecule has 0 heterocycles. The molecule has 0 bridgehead atoms. The second kappa shape index (κ2) is 5.76. The van der Waals surface area contributed by atoms with E-state index in [0.29, 0.717) is 10.2 Å². The zero-order valence-electron chi connectivity index (χ0n) is 7.69. The number of halogens is 1. The molecular weight excluding hydrogens is 283 g/mol. The first-order chi connectivity index (χ1) is 7.20. The van der Waals surface area contributed by atoms with Crippen LogP contribution >= 0.6 is 23.8 Å². The Labute approximate surface area is 95.8 Å². The number of benzene rings is 1. The summed E-state index contributed by atoms with van der Waals surface area (Å²) in [4.78, 5) is 11.4. The fourth-order valence-electron chi connectivity index (χ4n) is 0.992. The fourth-order valence-corrected chi connectivity index (χ4v) is 1.64. The first kappa shape index (κ1) is 12.1. The van der Waals surface area contributed by atoms with Crippen molar-refractivity contribution in [2.75, 3.05) is 7.11 Å². The molecule has 0 amide bonds. The van der Waals surface area contributed by atoms with E-state index >= 15 is 0 Å². The Morgan fingerprint density at radius 1 is 1.53 bits per heavy atom. The molecule has 0 unspecified atom stereocenters. The van der Waals surface area contributed by atoms with E-state index in [1.165, 1.54) is 13.2 Å². The van der Waals surface area contributed by atoms with Gasteiger partial charge in [0.05, 0.1) is 0 Å². The average molecular weight is 289 g/mol. The van der Waals surface area contributed by atoms with E-state index in [-0.39, 0.29) is 5.56 Å². The van der Waals surface area contributed by atoms with Crippen LogP contribution in [0.25, 0.3) is 0 Å². The van der Waals surface area contributed by atoms with Gasteiger partial charge in [0.2, 0.25) is 0 Å². The second-order valence-electron chi connectivity index (χ2n) is 2.39. The van der Waals surface area contributed by atoms with Gasteiger partial charge in [0.15, 0.2) is 0 Å². The molecule has 78 valence electrons. The van der Waals surface area contributed by atoms with Crippen LogP contribution in [0.2, 0.25) is 0 Å². The molecule has 1 rings (SSSR count). The topological polar surface area (TPSA) is 52.6 Å². The van der Waals surface area contributed by atoms with Crippen LogP contribution in [0, 0.1) is 5.81 Å². The van der Waals surface area contributed by atoms with Crippen LogP contribution in [0.3, 0.4) is 0 Å². The summed E-state index contributed by atoms with van der Waals surface area (Å²) in [7, 11) is 0.961. The van der Waals surface area contributed by atoms with Gasteiger partial charge in [-0.25, -0.2) is 0 Å². The van der Waals surface area contributed by atoms with Gasteiger partial charge in [-0.3, -0.25) is 0 Å². The van der Waals surface area contributed by atoms with Gasteiger partial charge in [-0.15, -0.1) is 0 Å². The zero-order valence-corrected chi connectivity index (χ0v) is 10.2. The third-order valence-electron chi connectivity index (χ3n) is 1.57. The van der Waals surface area contributed by atoms with Gasteiger partial charge in [-0.1, -0.05) is 0 Å². The number of hydrogen-bond donors (Lipinski definition) is 0. The van der Waals surface area contributed by atoms with Crippen molar-refractivity contribution < 1.29 is 18.8 Å². The molecule has 15 heavy (non-hydrogen) atoms. The van der Waals surface area contributed by atoms with E-state index in [0.717, 1.165) is 0 Å². The third-order valence-corrected chi connectivity index (χ3v) is 2.36. The molecule has 6 heteroatoms. The molecule has 0 atom stereocenters.